The normalized spacial score (nSPS) is 17.1. The lowest BCUT2D eigenvalue weighted by Gasteiger charge is -2.30. The van der Waals surface area contributed by atoms with Gasteiger partial charge in [-0.1, -0.05) is 6.92 Å². The highest BCUT2D eigenvalue weighted by Crippen LogP contribution is 2.14. The average Bonchev–Trinajstić information content (AvgIpc) is 2.14. The second kappa shape index (κ2) is 6.80. The molecular weight excluding hydrogens is 192 g/mol. The Bertz CT molecular complexity index is 197. The molecule has 0 spiro atoms. The maximum atomic E-state index is 11.4. The van der Waals surface area contributed by atoms with Crippen molar-refractivity contribution in [2.45, 2.75) is 52.2 Å². The number of carbonyl (C=O) groups is 1. The number of hydrogen-bond donors (Lipinski definition) is 2. The van der Waals surface area contributed by atoms with E-state index >= 15 is 0 Å². The molecule has 0 aliphatic rings. The van der Waals surface area contributed by atoms with Crippen LogP contribution in [0.1, 0.15) is 40.5 Å². The highest BCUT2D eigenvalue weighted by Gasteiger charge is 2.32. The van der Waals surface area contributed by atoms with E-state index in [1.165, 1.54) is 0 Å². The topological polar surface area (TPSA) is 64.3 Å². The van der Waals surface area contributed by atoms with Gasteiger partial charge in [0.2, 0.25) is 5.91 Å². The average molecular weight is 216 g/mol. The molecule has 90 valence electrons. The predicted octanol–water partition coefficient (Wildman–Crippen LogP) is 1.05. The molecule has 0 radical (unpaired) electrons. The molecular formula is C11H24N2O2. The van der Waals surface area contributed by atoms with Gasteiger partial charge in [-0.25, -0.2) is 0 Å². The van der Waals surface area contributed by atoms with Crippen LogP contribution in [-0.4, -0.2) is 30.7 Å². The van der Waals surface area contributed by atoms with Gasteiger partial charge in [0.1, 0.15) is 0 Å². The third-order valence-electron chi connectivity index (χ3n) is 2.46. The van der Waals surface area contributed by atoms with Crippen LogP contribution in [0.2, 0.25) is 0 Å². The third kappa shape index (κ3) is 5.14. The Morgan fingerprint density at radius 3 is 2.53 bits per heavy atom. The minimum Gasteiger partial charge on any atom is -0.379 e. The summed E-state index contributed by atoms with van der Waals surface area (Å²) in [6, 6.07) is 0. The van der Waals surface area contributed by atoms with Gasteiger partial charge in [0.25, 0.3) is 0 Å². The minimum absolute atomic E-state index is 0.0388. The molecule has 1 amide bonds. The fourth-order valence-electron chi connectivity index (χ4n) is 1.58. The highest BCUT2D eigenvalue weighted by atomic mass is 16.5. The van der Waals surface area contributed by atoms with Crippen LogP contribution in [0.25, 0.3) is 0 Å². The Balaban J connectivity index is 4.30. The van der Waals surface area contributed by atoms with Crippen molar-refractivity contribution in [1.29, 1.82) is 0 Å². The monoisotopic (exact) mass is 216 g/mol. The molecule has 3 N–H and O–H groups in total. The fourth-order valence-corrected chi connectivity index (χ4v) is 1.58. The summed E-state index contributed by atoms with van der Waals surface area (Å²) in [7, 11) is 0. The first kappa shape index (κ1) is 14.4. The molecule has 0 rings (SSSR count). The van der Waals surface area contributed by atoms with Crippen LogP contribution >= 0.6 is 0 Å². The number of nitrogens with two attached hydrogens (primary N) is 1. The molecule has 0 saturated carbocycles. The zero-order valence-electron chi connectivity index (χ0n) is 10.3. The first-order chi connectivity index (χ1) is 6.96. The molecule has 0 bridgehead atoms. The van der Waals surface area contributed by atoms with Gasteiger partial charge in [-0.15, -0.1) is 0 Å². The van der Waals surface area contributed by atoms with Gasteiger partial charge < -0.3 is 15.8 Å². The van der Waals surface area contributed by atoms with Crippen molar-refractivity contribution >= 4 is 5.91 Å². The van der Waals surface area contributed by atoms with Crippen LogP contribution < -0.4 is 11.1 Å². The lowest BCUT2D eigenvalue weighted by molar-refractivity contribution is -0.125. The van der Waals surface area contributed by atoms with E-state index in [4.69, 9.17) is 10.5 Å². The summed E-state index contributed by atoms with van der Waals surface area (Å²) in [5.74, 6) is -0.317. The van der Waals surface area contributed by atoms with E-state index in [2.05, 4.69) is 12.2 Å². The van der Waals surface area contributed by atoms with E-state index in [0.717, 1.165) is 13.0 Å². The van der Waals surface area contributed by atoms with E-state index in [-0.39, 0.29) is 12.0 Å². The summed E-state index contributed by atoms with van der Waals surface area (Å²) in [6.45, 7) is 9.23. The standard InChI is InChI=1S/C11H24N2O2/c1-5-7-13-11(4,10(12)14)8-9(3)15-6-2/h9,13H,5-8H2,1-4H3,(H2,12,14). The van der Waals surface area contributed by atoms with Crippen LogP contribution in [0.5, 0.6) is 0 Å². The van der Waals surface area contributed by atoms with E-state index in [1.54, 1.807) is 0 Å². The fraction of sp³-hybridized carbons (Fsp3) is 0.909. The molecule has 0 fully saturated rings. The Morgan fingerprint density at radius 1 is 1.53 bits per heavy atom. The summed E-state index contributed by atoms with van der Waals surface area (Å²) in [5, 5.41) is 3.18. The molecule has 4 nitrogen and oxygen atoms in total. The minimum atomic E-state index is -0.662. The SMILES string of the molecule is CCCNC(C)(CC(C)OCC)C(N)=O. The molecule has 2 unspecified atom stereocenters. The van der Waals surface area contributed by atoms with Gasteiger partial charge in [-0.2, -0.15) is 0 Å². The quantitative estimate of drug-likeness (QED) is 0.637. The largest absolute Gasteiger partial charge is 0.379 e. The Labute approximate surface area is 92.6 Å². The number of ether oxygens (including phenoxy) is 1. The van der Waals surface area contributed by atoms with Crippen LogP contribution in [0.15, 0.2) is 0 Å². The van der Waals surface area contributed by atoms with Crippen molar-refractivity contribution in [2.24, 2.45) is 5.73 Å². The molecule has 4 heteroatoms. The number of primary amides is 1. The summed E-state index contributed by atoms with van der Waals surface area (Å²) >= 11 is 0. The molecule has 2 atom stereocenters. The van der Waals surface area contributed by atoms with E-state index in [0.29, 0.717) is 13.0 Å². The number of hydrogen-bond acceptors (Lipinski definition) is 3. The highest BCUT2D eigenvalue weighted by molar-refractivity contribution is 5.84. The van der Waals surface area contributed by atoms with Gasteiger partial charge in [-0.3, -0.25) is 4.79 Å². The van der Waals surface area contributed by atoms with Crippen LogP contribution in [0.4, 0.5) is 0 Å². The second-order valence-electron chi connectivity index (χ2n) is 4.09. The maximum absolute atomic E-state index is 11.4. The van der Waals surface area contributed by atoms with Gasteiger partial charge in [0.15, 0.2) is 0 Å². The van der Waals surface area contributed by atoms with Crippen molar-refractivity contribution in [3.05, 3.63) is 0 Å². The molecule has 0 heterocycles. The summed E-state index contributed by atoms with van der Waals surface area (Å²) in [5.41, 5.74) is 4.74. The first-order valence-corrected chi connectivity index (χ1v) is 5.62. The summed E-state index contributed by atoms with van der Waals surface area (Å²) in [6.07, 6.45) is 1.62. The molecule has 0 aromatic heterocycles. The first-order valence-electron chi connectivity index (χ1n) is 5.62. The zero-order valence-corrected chi connectivity index (χ0v) is 10.3. The van der Waals surface area contributed by atoms with Crippen molar-refractivity contribution in [3.63, 3.8) is 0 Å². The van der Waals surface area contributed by atoms with Crippen LogP contribution in [-0.2, 0) is 9.53 Å². The number of amides is 1. The predicted molar refractivity (Wildman–Crippen MR) is 61.6 cm³/mol. The van der Waals surface area contributed by atoms with Gasteiger partial charge in [0, 0.05) is 13.0 Å². The van der Waals surface area contributed by atoms with Gasteiger partial charge >= 0.3 is 0 Å². The molecule has 0 aromatic carbocycles. The van der Waals surface area contributed by atoms with Crippen molar-refractivity contribution < 1.29 is 9.53 Å². The van der Waals surface area contributed by atoms with Gasteiger partial charge in [-0.05, 0) is 33.7 Å². The van der Waals surface area contributed by atoms with Crippen molar-refractivity contribution in [1.82, 2.24) is 5.32 Å². The van der Waals surface area contributed by atoms with Crippen LogP contribution in [0.3, 0.4) is 0 Å². The number of carbonyl (C=O) groups excluding carboxylic acids is 1. The number of rotatable bonds is 8. The van der Waals surface area contributed by atoms with Crippen LogP contribution in [0, 0.1) is 0 Å². The lowest BCUT2D eigenvalue weighted by Crippen LogP contribution is -2.55. The molecule has 15 heavy (non-hydrogen) atoms. The summed E-state index contributed by atoms with van der Waals surface area (Å²) < 4.78 is 5.42. The smallest absolute Gasteiger partial charge is 0.237 e. The number of nitrogens with one attached hydrogen (secondary N) is 1. The Kier molecular flexibility index (Phi) is 6.52. The van der Waals surface area contributed by atoms with E-state index in [1.807, 2.05) is 20.8 Å². The summed E-state index contributed by atoms with van der Waals surface area (Å²) in [4.78, 5) is 11.4. The maximum Gasteiger partial charge on any atom is 0.237 e. The molecule has 0 aliphatic heterocycles. The Morgan fingerprint density at radius 2 is 2.13 bits per heavy atom. The molecule has 0 aromatic rings. The molecule has 0 aliphatic carbocycles. The Hall–Kier alpha value is -0.610. The van der Waals surface area contributed by atoms with Crippen molar-refractivity contribution in [3.8, 4) is 0 Å². The van der Waals surface area contributed by atoms with Crippen molar-refractivity contribution in [2.75, 3.05) is 13.2 Å². The third-order valence-corrected chi connectivity index (χ3v) is 2.46. The van der Waals surface area contributed by atoms with Gasteiger partial charge in [0.05, 0.1) is 11.6 Å². The second-order valence-corrected chi connectivity index (χ2v) is 4.09. The van der Waals surface area contributed by atoms with E-state index in [9.17, 15) is 4.79 Å². The zero-order chi connectivity index (χ0) is 11.9. The molecule has 0 saturated heterocycles. The van der Waals surface area contributed by atoms with E-state index < -0.39 is 5.54 Å². The lowest BCUT2D eigenvalue weighted by atomic mass is 9.93.